The third-order valence-corrected chi connectivity index (χ3v) is 3.52. The predicted molar refractivity (Wildman–Crippen MR) is 84.0 cm³/mol. The van der Waals surface area contributed by atoms with Crippen molar-refractivity contribution in [2.75, 3.05) is 0 Å². The molecule has 3 nitrogen and oxygen atoms in total. The minimum atomic E-state index is -0.657. The maximum Gasteiger partial charge on any atom is 0.129 e. The van der Waals surface area contributed by atoms with Gasteiger partial charge in [0.05, 0.1) is 0 Å². The molecule has 0 bridgehead atoms. The predicted octanol–water partition coefficient (Wildman–Crippen LogP) is 4.54. The molecule has 0 saturated carbocycles. The Kier molecular flexibility index (Phi) is 4.12. The van der Waals surface area contributed by atoms with E-state index >= 15 is 0 Å². The first-order chi connectivity index (χ1) is 9.78. The highest BCUT2D eigenvalue weighted by Gasteiger charge is 2.24. The SMILES string of the molecule is CC(C)c1ccc(OC(C)(C)c2cc(O)cc(O)c2)cc1. The van der Waals surface area contributed by atoms with Gasteiger partial charge in [0.1, 0.15) is 22.8 Å². The molecule has 0 heterocycles. The molecule has 0 radical (unpaired) electrons. The maximum atomic E-state index is 9.61. The van der Waals surface area contributed by atoms with E-state index in [9.17, 15) is 10.2 Å². The topological polar surface area (TPSA) is 49.7 Å². The number of aromatic hydroxyl groups is 2. The van der Waals surface area contributed by atoms with E-state index in [1.54, 1.807) is 12.1 Å². The number of hydrogen-bond donors (Lipinski definition) is 2. The molecule has 0 atom stereocenters. The zero-order chi connectivity index (χ0) is 15.6. The minimum absolute atomic E-state index is 0.0248. The summed E-state index contributed by atoms with van der Waals surface area (Å²) in [7, 11) is 0. The summed E-state index contributed by atoms with van der Waals surface area (Å²) in [5.74, 6) is 1.29. The number of ether oxygens (including phenoxy) is 1. The molecule has 0 amide bonds. The fourth-order valence-electron chi connectivity index (χ4n) is 2.22. The molecule has 0 spiro atoms. The van der Waals surface area contributed by atoms with Crippen LogP contribution < -0.4 is 4.74 Å². The average Bonchev–Trinajstić information content (AvgIpc) is 2.37. The normalized spacial score (nSPS) is 11.7. The van der Waals surface area contributed by atoms with Crippen molar-refractivity contribution in [2.24, 2.45) is 0 Å². The molecule has 0 saturated heterocycles. The fourth-order valence-corrected chi connectivity index (χ4v) is 2.22. The van der Waals surface area contributed by atoms with Gasteiger partial charge < -0.3 is 14.9 Å². The molecule has 0 aliphatic heterocycles. The fraction of sp³-hybridized carbons (Fsp3) is 0.333. The van der Waals surface area contributed by atoms with E-state index in [2.05, 4.69) is 26.0 Å². The van der Waals surface area contributed by atoms with Gasteiger partial charge in [0.2, 0.25) is 0 Å². The Balaban J connectivity index is 2.23. The Morgan fingerprint density at radius 1 is 0.905 bits per heavy atom. The van der Waals surface area contributed by atoms with Gasteiger partial charge >= 0.3 is 0 Å². The van der Waals surface area contributed by atoms with Crippen LogP contribution in [0.1, 0.15) is 44.7 Å². The van der Waals surface area contributed by atoms with E-state index in [1.165, 1.54) is 11.6 Å². The summed E-state index contributed by atoms with van der Waals surface area (Å²) in [6.45, 7) is 8.10. The standard InChI is InChI=1S/C18H22O3/c1-12(2)13-5-7-17(8-6-13)21-18(3,4)14-9-15(19)11-16(20)10-14/h5-12,19-20H,1-4H3. The highest BCUT2D eigenvalue weighted by atomic mass is 16.5. The molecule has 0 aliphatic carbocycles. The maximum absolute atomic E-state index is 9.61. The molecule has 0 aliphatic rings. The van der Waals surface area contributed by atoms with Gasteiger partial charge in [-0.1, -0.05) is 26.0 Å². The molecule has 3 heteroatoms. The van der Waals surface area contributed by atoms with Crippen LogP contribution in [0, 0.1) is 0 Å². The first kappa shape index (κ1) is 15.2. The lowest BCUT2D eigenvalue weighted by Gasteiger charge is -2.27. The zero-order valence-electron chi connectivity index (χ0n) is 12.9. The van der Waals surface area contributed by atoms with Crippen molar-refractivity contribution in [3.8, 4) is 17.2 Å². The molecule has 2 N–H and O–H groups in total. The van der Waals surface area contributed by atoms with E-state index in [-0.39, 0.29) is 11.5 Å². The second-order valence-electron chi connectivity index (χ2n) is 6.07. The van der Waals surface area contributed by atoms with Crippen LogP contribution in [-0.4, -0.2) is 10.2 Å². The van der Waals surface area contributed by atoms with Crippen molar-refractivity contribution >= 4 is 0 Å². The number of benzene rings is 2. The zero-order valence-corrected chi connectivity index (χ0v) is 12.9. The van der Waals surface area contributed by atoms with Crippen molar-refractivity contribution in [3.63, 3.8) is 0 Å². The minimum Gasteiger partial charge on any atom is -0.508 e. The Bertz CT molecular complexity index is 593. The molecule has 0 fully saturated rings. The van der Waals surface area contributed by atoms with E-state index in [0.29, 0.717) is 11.5 Å². The van der Waals surface area contributed by atoms with Crippen LogP contribution in [0.15, 0.2) is 42.5 Å². The lowest BCUT2D eigenvalue weighted by Crippen LogP contribution is -2.25. The first-order valence-corrected chi connectivity index (χ1v) is 7.10. The van der Waals surface area contributed by atoms with Crippen LogP contribution in [0.5, 0.6) is 17.2 Å². The molecule has 112 valence electrons. The molecular formula is C18H22O3. The summed E-state index contributed by atoms with van der Waals surface area (Å²) < 4.78 is 6.01. The number of phenolic OH excluding ortho intramolecular Hbond substituents is 2. The van der Waals surface area contributed by atoms with Crippen LogP contribution >= 0.6 is 0 Å². The summed E-state index contributed by atoms with van der Waals surface area (Å²) >= 11 is 0. The Morgan fingerprint density at radius 2 is 1.43 bits per heavy atom. The molecule has 0 aromatic heterocycles. The number of rotatable bonds is 4. The van der Waals surface area contributed by atoms with Crippen molar-refractivity contribution in [1.82, 2.24) is 0 Å². The average molecular weight is 286 g/mol. The molecule has 21 heavy (non-hydrogen) atoms. The van der Waals surface area contributed by atoms with Crippen LogP contribution in [-0.2, 0) is 5.60 Å². The highest BCUT2D eigenvalue weighted by molar-refractivity contribution is 5.40. The lowest BCUT2D eigenvalue weighted by molar-refractivity contribution is 0.108. The van der Waals surface area contributed by atoms with Crippen LogP contribution in [0.2, 0.25) is 0 Å². The van der Waals surface area contributed by atoms with Gasteiger partial charge in [0, 0.05) is 11.6 Å². The van der Waals surface area contributed by atoms with Gasteiger partial charge in [0.25, 0.3) is 0 Å². The first-order valence-electron chi connectivity index (χ1n) is 7.10. The molecule has 2 aromatic carbocycles. The summed E-state index contributed by atoms with van der Waals surface area (Å²) in [6.07, 6.45) is 0. The van der Waals surface area contributed by atoms with Gasteiger partial charge in [0.15, 0.2) is 0 Å². The van der Waals surface area contributed by atoms with Crippen LogP contribution in [0.3, 0.4) is 0 Å². The van der Waals surface area contributed by atoms with Gasteiger partial charge in [-0.05, 0) is 49.6 Å². The summed E-state index contributed by atoms with van der Waals surface area (Å²) in [6, 6.07) is 12.5. The quantitative estimate of drug-likeness (QED) is 0.867. The number of phenols is 2. The van der Waals surface area contributed by atoms with E-state index in [1.807, 2.05) is 26.0 Å². The van der Waals surface area contributed by atoms with Crippen LogP contribution in [0.25, 0.3) is 0 Å². The van der Waals surface area contributed by atoms with Gasteiger partial charge in [-0.15, -0.1) is 0 Å². The summed E-state index contributed by atoms with van der Waals surface area (Å²) in [4.78, 5) is 0. The lowest BCUT2D eigenvalue weighted by atomic mass is 9.97. The summed E-state index contributed by atoms with van der Waals surface area (Å²) in [5, 5.41) is 19.2. The molecule has 2 rings (SSSR count). The largest absolute Gasteiger partial charge is 0.508 e. The summed E-state index contributed by atoms with van der Waals surface area (Å²) in [5.41, 5.74) is 1.32. The van der Waals surface area contributed by atoms with Crippen molar-refractivity contribution in [1.29, 1.82) is 0 Å². The van der Waals surface area contributed by atoms with Crippen molar-refractivity contribution in [3.05, 3.63) is 53.6 Å². The Hall–Kier alpha value is -2.16. The monoisotopic (exact) mass is 286 g/mol. The van der Waals surface area contributed by atoms with E-state index in [0.717, 1.165) is 5.75 Å². The highest BCUT2D eigenvalue weighted by Crippen LogP contribution is 2.32. The smallest absolute Gasteiger partial charge is 0.129 e. The molecule has 2 aromatic rings. The third-order valence-electron chi connectivity index (χ3n) is 3.52. The molecule has 0 unspecified atom stereocenters. The third kappa shape index (κ3) is 3.69. The Morgan fingerprint density at radius 3 is 1.90 bits per heavy atom. The van der Waals surface area contributed by atoms with Gasteiger partial charge in [-0.25, -0.2) is 0 Å². The van der Waals surface area contributed by atoms with Crippen LogP contribution in [0.4, 0.5) is 0 Å². The Labute approximate surface area is 125 Å². The van der Waals surface area contributed by atoms with Gasteiger partial charge in [-0.3, -0.25) is 0 Å². The molecular weight excluding hydrogens is 264 g/mol. The van der Waals surface area contributed by atoms with Gasteiger partial charge in [-0.2, -0.15) is 0 Å². The second-order valence-corrected chi connectivity index (χ2v) is 6.07. The van der Waals surface area contributed by atoms with Crippen molar-refractivity contribution in [2.45, 2.75) is 39.2 Å². The van der Waals surface area contributed by atoms with Crippen molar-refractivity contribution < 1.29 is 14.9 Å². The number of hydrogen-bond acceptors (Lipinski definition) is 3. The van der Waals surface area contributed by atoms with E-state index in [4.69, 9.17) is 4.74 Å². The van der Waals surface area contributed by atoms with E-state index < -0.39 is 5.60 Å². The second kappa shape index (κ2) is 5.68.